The fourth-order valence-corrected chi connectivity index (χ4v) is 1.77. The topological polar surface area (TPSA) is 87.5 Å². The van der Waals surface area contributed by atoms with E-state index in [9.17, 15) is 9.59 Å². The van der Waals surface area contributed by atoms with Crippen LogP contribution in [0.5, 0.6) is 0 Å². The van der Waals surface area contributed by atoms with Crippen molar-refractivity contribution >= 4 is 11.9 Å². The predicted molar refractivity (Wildman–Crippen MR) is 60.9 cm³/mol. The summed E-state index contributed by atoms with van der Waals surface area (Å²) in [5, 5.41) is 5.93. The van der Waals surface area contributed by atoms with Crippen LogP contribution < -0.4 is 16.4 Å². The second kappa shape index (κ2) is 6.32. The van der Waals surface area contributed by atoms with Gasteiger partial charge in [0, 0.05) is 19.1 Å². The van der Waals surface area contributed by atoms with E-state index in [1.54, 1.807) is 0 Å². The van der Waals surface area contributed by atoms with Gasteiger partial charge in [0.25, 0.3) is 0 Å². The van der Waals surface area contributed by atoms with Crippen LogP contribution in [0.25, 0.3) is 0 Å². The van der Waals surface area contributed by atoms with Crippen molar-refractivity contribution < 1.29 is 9.59 Å². The maximum atomic E-state index is 11.8. The number of rotatable bonds is 5. The molecule has 0 aromatic carbocycles. The first-order valence-electron chi connectivity index (χ1n) is 5.68. The highest BCUT2D eigenvalue weighted by Gasteiger charge is 2.27. The summed E-state index contributed by atoms with van der Waals surface area (Å²) in [5.74, 6) is -0.474. The molecule has 1 saturated heterocycles. The Hall–Kier alpha value is -1.30. The fraction of sp³-hybridized carbons (Fsp3) is 0.800. The van der Waals surface area contributed by atoms with Gasteiger partial charge in [-0.2, -0.15) is 0 Å². The summed E-state index contributed by atoms with van der Waals surface area (Å²) in [4.78, 5) is 24.3. The molecule has 0 radical (unpaired) electrons. The van der Waals surface area contributed by atoms with Crippen molar-refractivity contribution in [1.29, 1.82) is 0 Å². The van der Waals surface area contributed by atoms with Crippen molar-refractivity contribution in [3.63, 3.8) is 0 Å². The molecule has 0 aromatic rings. The van der Waals surface area contributed by atoms with E-state index < -0.39 is 5.91 Å². The zero-order chi connectivity index (χ0) is 12.0. The van der Waals surface area contributed by atoms with E-state index in [0.29, 0.717) is 6.54 Å². The number of amides is 3. The molecule has 1 heterocycles. The van der Waals surface area contributed by atoms with Crippen LogP contribution in [0.2, 0.25) is 0 Å². The monoisotopic (exact) mass is 228 g/mol. The minimum atomic E-state index is -0.474. The molecule has 1 rings (SSSR count). The van der Waals surface area contributed by atoms with Crippen molar-refractivity contribution in [2.75, 3.05) is 26.2 Å². The van der Waals surface area contributed by atoms with Gasteiger partial charge in [-0.15, -0.1) is 0 Å². The first kappa shape index (κ1) is 12.8. The molecule has 1 aliphatic rings. The summed E-state index contributed by atoms with van der Waals surface area (Å²) >= 11 is 0. The SMILES string of the molecule is CCCNC(=O)N(CC(N)=O)C1CCNC1. The standard InChI is InChI=1S/C10H20N4O2/c1-2-4-13-10(16)14(7-9(11)15)8-3-5-12-6-8/h8,12H,2-7H2,1H3,(H2,11,15)(H,13,16). The Kier molecular flexibility index (Phi) is 5.04. The summed E-state index contributed by atoms with van der Waals surface area (Å²) in [6, 6.07) is -0.126. The fourth-order valence-electron chi connectivity index (χ4n) is 1.77. The molecular formula is C10H20N4O2. The molecule has 16 heavy (non-hydrogen) atoms. The number of carbonyl (C=O) groups excluding carboxylic acids is 2. The third-order valence-electron chi connectivity index (χ3n) is 2.59. The molecule has 1 atom stereocenters. The van der Waals surface area contributed by atoms with Crippen molar-refractivity contribution in [2.45, 2.75) is 25.8 Å². The van der Waals surface area contributed by atoms with E-state index in [1.165, 1.54) is 4.90 Å². The molecule has 3 amide bonds. The average Bonchev–Trinajstić information content (AvgIpc) is 2.75. The molecule has 0 spiro atoms. The van der Waals surface area contributed by atoms with Crippen LogP contribution in [0.1, 0.15) is 19.8 Å². The first-order chi connectivity index (χ1) is 7.65. The Morgan fingerprint density at radius 2 is 2.31 bits per heavy atom. The largest absolute Gasteiger partial charge is 0.368 e. The quantitative estimate of drug-likeness (QED) is 0.579. The molecular weight excluding hydrogens is 208 g/mol. The van der Waals surface area contributed by atoms with Gasteiger partial charge < -0.3 is 21.3 Å². The first-order valence-corrected chi connectivity index (χ1v) is 5.68. The summed E-state index contributed by atoms with van der Waals surface area (Å²) in [6.45, 7) is 4.19. The Labute approximate surface area is 95.5 Å². The summed E-state index contributed by atoms with van der Waals surface area (Å²) in [5.41, 5.74) is 5.15. The Morgan fingerprint density at radius 1 is 1.56 bits per heavy atom. The molecule has 1 fully saturated rings. The third-order valence-corrected chi connectivity index (χ3v) is 2.59. The number of urea groups is 1. The number of carbonyl (C=O) groups is 2. The number of hydrogen-bond donors (Lipinski definition) is 3. The lowest BCUT2D eigenvalue weighted by Gasteiger charge is -2.27. The van der Waals surface area contributed by atoms with Gasteiger partial charge in [0.15, 0.2) is 0 Å². The minimum absolute atomic E-state index is 0.0120. The number of nitrogens with one attached hydrogen (secondary N) is 2. The van der Waals surface area contributed by atoms with Crippen molar-refractivity contribution in [3.8, 4) is 0 Å². The van der Waals surface area contributed by atoms with Gasteiger partial charge >= 0.3 is 6.03 Å². The summed E-state index contributed by atoms with van der Waals surface area (Å²) in [6.07, 6.45) is 1.74. The van der Waals surface area contributed by atoms with Gasteiger partial charge in [-0.3, -0.25) is 4.79 Å². The maximum Gasteiger partial charge on any atom is 0.318 e. The highest BCUT2D eigenvalue weighted by Crippen LogP contribution is 2.08. The zero-order valence-corrected chi connectivity index (χ0v) is 9.66. The second-order valence-electron chi connectivity index (χ2n) is 3.97. The minimum Gasteiger partial charge on any atom is -0.368 e. The molecule has 0 aliphatic carbocycles. The van der Waals surface area contributed by atoms with Crippen LogP contribution in [0.4, 0.5) is 4.79 Å². The van der Waals surface area contributed by atoms with Gasteiger partial charge in [-0.25, -0.2) is 4.79 Å². The van der Waals surface area contributed by atoms with Crippen LogP contribution in [0, 0.1) is 0 Å². The molecule has 6 nitrogen and oxygen atoms in total. The highest BCUT2D eigenvalue weighted by atomic mass is 16.2. The lowest BCUT2D eigenvalue weighted by Crippen LogP contribution is -2.50. The number of hydrogen-bond acceptors (Lipinski definition) is 3. The Balaban J connectivity index is 2.54. The van der Waals surface area contributed by atoms with E-state index in [0.717, 1.165) is 25.9 Å². The molecule has 4 N–H and O–H groups in total. The number of nitrogens with zero attached hydrogens (tertiary/aromatic N) is 1. The third kappa shape index (κ3) is 3.69. The summed E-state index contributed by atoms with van der Waals surface area (Å²) < 4.78 is 0. The van der Waals surface area contributed by atoms with Gasteiger partial charge in [-0.1, -0.05) is 6.92 Å². The molecule has 6 heteroatoms. The van der Waals surface area contributed by atoms with Crippen molar-refractivity contribution in [2.24, 2.45) is 5.73 Å². The van der Waals surface area contributed by atoms with Gasteiger partial charge in [0.05, 0.1) is 0 Å². The highest BCUT2D eigenvalue weighted by molar-refractivity contribution is 5.83. The van der Waals surface area contributed by atoms with Gasteiger partial charge in [0.2, 0.25) is 5.91 Å². The van der Waals surface area contributed by atoms with E-state index >= 15 is 0 Å². The van der Waals surface area contributed by atoms with E-state index in [-0.39, 0.29) is 18.6 Å². The lowest BCUT2D eigenvalue weighted by molar-refractivity contribution is -0.118. The second-order valence-corrected chi connectivity index (χ2v) is 3.97. The molecule has 0 bridgehead atoms. The number of primary amides is 1. The molecule has 1 unspecified atom stereocenters. The molecule has 1 aliphatic heterocycles. The smallest absolute Gasteiger partial charge is 0.318 e. The van der Waals surface area contributed by atoms with E-state index in [4.69, 9.17) is 5.73 Å². The van der Waals surface area contributed by atoms with Crippen molar-refractivity contribution in [1.82, 2.24) is 15.5 Å². The van der Waals surface area contributed by atoms with E-state index in [1.807, 2.05) is 6.92 Å². The van der Waals surface area contributed by atoms with Crippen LogP contribution in [-0.4, -0.2) is 49.1 Å². The van der Waals surface area contributed by atoms with Crippen LogP contribution in [0.15, 0.2) is 0 Å². The summed E-state index contributed by atoms with van der Waals surface area (Å²) in [7, 11) is 0. The van der Waals surface area contributed by atoms with E-state index in [2.05, 4.69) is 10.6 Å². The van der Waals surface area contributed by atoms with Crippen LogP contribution >= 0.6 is 0 Å². The average molecular weight is 228 g/mol. The zero-order valence-electron chi connectivity index (χ0n) is 9.66. The van der Waals surface area contributed by atoms with Crippen molar-refractivity contribution in [3.05, 3.63) is 0 Å². The van der Waals surface area contributed by atoms with Gasteiger partial charge in [0.1, 0.15) is 6.54 Å². The normalized spacial score (nSPS) is 19.4. The molecule has 0 aromatic heterocycles. The molecule has 0 saturated carbocycles. The Bertz CT molecular complexity index is 251. The number of nitrogens with two attached hydrogens (primary N) is 1. The molecule has 92 valence electrons. The van der Waals surface area contributed by atoms with Gasteiger partial charge in [-0.05, 0) is 19.4 Å². The predicted octanol–water partition coefficient (Wildman–Crippen LogP) is -0.745. The van der Waals surface area contributed by atoms with Crippen LogP contribution in [0.3, 0.4) is 0 Å². The maximum absolute atomic E-state index is 11.8. The van der Waals surface area contributed by atoms with Crippen LogP contribution in [-0.2, 0) is 4.79 Å². The Morgan fingerprint density at radius 3 is 2.81 bits per heavy atom. The lowest BCUT2D eigenvalue weighted by atomic mass is 10.2.